The van der Waals surface area contributed by atoms with Crippen LogP contribution in [0.3, 0.4) is 0 Å². The molecular weight excluding hydrogens is 124 g/mol. The third kappa shape index (κ3) is 1.37. The summed E-state index contributed by atoms with van der Waals surface area (Å²) in [5.41, 5.74) is 1.59. The Balaban J connectivity index is 2.93. The van der Waals surface area contributed by atoms with Crippen LogP contribution in [0.25, 0.3) is 0 Å². The second kappa shape index (κ2) is 3.05. The fourth-order valence-electron chi connectivity index (χ4n) is 0.697. The highest BCUT2D eigenvalue weighted by atomic mass is 16.3. The van der Waals surface area contributed by atoms with Gasteiger partial charge in [0.05, 0.1) is 0 Å². The summed E-state index contributed by atoms with van der Waals surface area (Å²) in [6.07, 6.45) is 5.11. The van der Waals surface area contributed by atoms with E-state index in [1.54, 1.807) is 24.3 Å². The summed E-state index contributed by atoms with van der Waals surface area (Å²) in [6, 6.07) is 7.05. The number of hydrogen-bond donors (Lipinski definition) is 0. The quantitative estimate of drug-likeness (QED) is 0.516. The molecule has 0 atom stereocenters. The number of benzene rings is 1. The molecule has 0 N–H and O–H groups in total. The molecule has 0 fully saturated rings. The largest absolute Gasteiger partial charge is 0.232 e. The molecule has 1 aromatic carbocycles. The molecule has 1 nitrogen and oxygen atoms in total. The van der Waals surface area contributed by atoms with Crippen molar-refractivity contribution < 1.29 is 5.11 Å². The van der Waals surface area contributed by atoms with Gasteiger partial charge in [-0.1, -0.05) is 18.1 Å². The normalized spacial score (nSPS) is 8.80. The molecule has 1 aromatic rings. The van der Waals surface area contributed by atoms with Gasteiger partial charge >= 0.3 is 0 Å². The van der Waals surface area contributed by atoms with Gasteiger partial charge in [-0.05, 0) is 17.7 Å². The van der Waals surface area contributed by atoms with Gasteiger partial charge in [0.2, 0.25) is 0 Å². The van der Waals surface area contributed by atoms with Gasteiger partial charge < -0.3 is 0 Å². The van der Waals surface area contributed by atoms with Crippen molar-refractivity contribution in [3.8, 4) is 12.3 Å². The molecule has 0 unspecified atom stereocenters. The van der Waals surface area contributed by atoms with Gasteiger partial charge in [-0.3, -0.25) is 0 Å². The molecule has 0 amide bonds. The van der Waals surface area contributed by atoms with Gasteiger partial charge in [0, 0.05) is 5.56 Å². The molecule has 0 heterocycles. The lowest BCUT2D eigenvalue weighted by Gasteiger charge is -1.92. The van der Waals surface area contributed by atoms with Crippen LogP contribution in [0, 0.1) is 12.3 Å². The Labute approximate surface area is 60.3 Å². The van der Waals surface area contributed by atoms with Gasteiger partial charge in [0.1, 0.15) is 6.61 Å². The molecule has 1 rings (SSSR count). The lowest BCUT2D eigenvalue weighted by Crippen LogP contribution is -1.80. The predicted molar refractivity (Wildman–Crippen MR) is 38.8 cm³/mol. The van der Waals surface area contributed by atoms with Crippen molar-refractivity contribution >= 4 is 0 Å². The summed E-state index contributed by atoms with van der Waals surface area (Å²) < 4.78 is 0. The summed E-state index contributed by atoms with van der Waals surface area (Å²) >= 11 is 0. The molecule has 0 saturated carbocycles. The Hall–Kier alpha value is -1.26. The minimum atomic E-state index is -0.176. The topological polar surface area (TPSA) is 19.9 Å². The maximum absolute atomic E-state index is 10.3. The zero-order chi connectivity index (χ0) is 7.40. The minimum absolute atomic E-state index is 0.176. The summed E-state index contributed by atoms with van der Waals surface area (Å²) in [7, 11) is 0. The molecule has 0 aliphatic heterocycles. The highest BCUT2D eigenvalue weighted by Gasteiger charge is 1.88. The number of terminal acetylenes is 1. The van der Waals surface area contributed by atoms with Crippen LogP contribution in [-0.2, 0) is 11.7 Å². The van der Waals surface area contributed by atoms with E-state index in [0.717, 1.165) is 11.1 Å². The molecule has 49 valence electrons. The van der Waals surface area contributed by atoms with Gasteiger partial charge in [-0.15, -0.1) is 6.42 Å². The molecule has 0 aromatic heterocycles. The van der Waals surface area contributed by atoms with E-state index < -0.39 is 0 Å². The second-order valence-corrected chi connectivity index (χ2v) is 1.99. The van der Waals surface area contributed by atoms with Crippen molar-refractivity contribution in [3.63, 3.8) is 0 Å². The molecule has 1 heteroatoms. The lowest BCUT2D eigenvalue weighted by atomic mass is 10.1. The monoisotopic (exact) mass is 131 g/mol. The highest BCUT2D eigenvalue weighted by molar-refractivity contribution is 5.33. The summed E-state index contributed by atoms with van der Waals surface area (Å²) in [6.45, 7) is -0.176. The first-order valence-electron chi connectivity index (χ1n) is 3.00. The average Bonchev–Trinajstić information content (AvgIpc) is 2.05. The van der Waals surface area contributed by atoms with Crippen LogP contribution in [-0.4, -0.2) is 0 Å². The van der Waals surface area contributed by atoms with Gasteiger partial charge in [0.25, 0.3) is 0 Å². The van der Waals surface area contributed by atoms with Crippen molar-refractivity contribution in [1.29, 1.82) is 0 Å². The zero-order valence-electron chi connectivity index (χ0n) is 5.50. The van der Waals surface area contributed by atoms with Crippen molar-refractivity contribution in [2.45, 2.75) is 6.61 Å². The molecule has 0 spiro atoms. The van der Waals surface area contributed by atoms with Gasteiger partial charge in [0.15, 0.2) is 0 Å². The Kier molecular flexibility index (Phi) is 2.09. The third-order valence-corrected chi connectivity index (χ3v) is 1.29. The van der Waals surface area contributed by atoms with Crippen LogP contribution in [0.2, 0.25) is 0 Å². The molecule has 1 radical (unpaired) electrons. The van der Waals surface area contributed by atoms with E-state index in [9.17, 15) is 5.11 Å². The van der Waals surface area contributed by atoms with Gasteiger partial charge in [-0.25, -0.2) is 5.11 Å². The molecule has 0 bridgehead atoms. The first kappa shape index (κ1) is 6.85. The summed E-state index contributed by atoms with van der Waals surface area (Å²) in [5, 5.41) is 10.3. The van der Waals surface area contributed by atoms with Crippen LogP contribution >= 0.6 is 0 Å². The smallest absolute Gasteiger partial charge is 0.107 e. The number of hydrogen-bond acceptors (Lipinski definition) is 0. The maximum atomic E-state index is 10.3. The molecule has 0 aliphatic rings. The SMILES string of the molecule is C#Cc1ccc(C[O])cc1. The van der Waals surface area contributed by atoms with Gasteiger partial charge in [-0.2, -0.15) is 0 Å². The van der Waals surface area contributed by atoms with Crippen LogP contribution in [0.5, 0.6) is 0 Å². The van der Waals surface area contributed by atoms with Crippen LogP contribution in [0.4, 0.5) is 0 Å². The predicted octanol–water partition coefficient (Wildman–Crippen LogP) is 1.60. The van der Waals surface area contributed by atoms with E-state index in [0.29, 0.717) is 0 Å². The number of rotatable bonds is 1. The Morgan fingerprint density at radius 3 is 2.30 bits per heavy atom. The molecular formula is C9H7O. The first-order chi connectivity index (χ1) is 4.86. The van der Waals surface area contributed by atoms with Crippen LogP contribution < -0.4 is 0 Å². The molecule has 10 heavy (non-hydrogen) atoms. The standard InChI is InChI=1S/C9H7O/c1-2-8-3-5-9(7-10)6-4-8/h1,3-6H,7H2. The van der Waals surface area contributed by atoms with E-state index in [4.69, 9.17) is 6.42 Å². The van der Waals surface area contributed by atoms with E-state index >= 15 is 0 Å². The van der Waals surface area contributed by atoms with E-state index in [2.05, 4.69) is 5.92 Å². The first-order valence-corrected chi connectivity index (χ1v) is 3.00. The fourth-order valence-corrected chi connectivity index (χ4v) is 0.697. The fraction of sp³-hybridized carbons (Fsp3) is 0.111. The second-order valence-electron chi connectivity index (χ2n) is 1.99. The van der Waals surface area contributed by atoms with Crippen LogP contribution in [0.15, 0.2) is 24.3 Å². The van der Waals surface area contributed by atoms with Crippen LogP contribution in [0.1, 0.15) is 11.1 Å². The summed E-state index contributed by atoms with van der Waals surface area (Å²) in [4.78, 5) is 0. The van der Waals surface area contributed by atoms with Crippen molar-refractivity contribution in [2.75, 3.05) is 0 Å². The van der Waals surface area contributed by atoms with Crippen molar-refractivity contribution in [1.82, 2.24) is 0 Å². The average molecular weight is 131 g/mol. The maximum Gasteiger partial charge on any atom is 0.107 e. The third-order valence-electron chi connectivity index (χ3n) is 1.29. The highest BCUT2D eigenvalue weighted by Crippen LogP contribution is 2.02. The Morgan fingerprint density at radius 2 is 1.90 bits per heavy atom. The molecule has 0 saturated heterocycles. The zero-order valence-corrected chi connectivity index (χ0v) is 5.50. The molecule has 0 aliphatic carbocycles. The minimum Gasteiger partial charge on any atom is -0.232 e. The van der Waals surface area contributed by atoms with E-state index in [-0.39, 0.29) is 6.61 Å². The van der Waals surface area contributed by atoms with E-state index in [1.165, 1.54) is 0 Å². The van der Waals surface area contributed by atoms with Crippen molar-refractivity contribution in [3.05, 3.63) is 35.4 Å². The van der Waals surface area contributed by atoms with Crippen molar-refractivity contribution in [2.24, 2.45) is 0 Å². The lowest BCUT2D eigenvalue weighted by molar-refractivity contribution is 0.177. The Bertz CT molecular complexity index is 240. The Morgan fingerprint density at radius 1 is 1.30 bits per heavy atom. The summed E-state index contributed by atoms with van der Waals surface area (Å²) in [5.74, 6) is 2.48. The van der Waals surface area contributed by atoms with E-state index in [1.807, 2.05) is 0 Å².